The summed E-state index contributed by atoms with van der Waals surface area (Å²) in [7, 11) is -3.29. The van der Waals surface area contributed by atoms with Gasteiger partial charge in [-0.25, -0.2) is 13.4 Å². The number of hydrogen-bond donors (Lipinski definition) is 1. The molecular weight excluding hydrogens is 274 g/mol. The Morgan fingerprint density at radius 2 is 2.25 bits per heavy atom. The minimum absolute atomic E-state index is 0.0537. The average molecular weight is 291 g/mol. The van der Waals surface area contributed by atoms with Crippen LogP contribution in [0.3, 0.4) is 0 Å². The summed E-state index contributed by atoms with van der Waals surface area (Å²) in [6.45, 7) is 2.86. The number of hydrogen-bond acceptors (Lipinski definition) is 3. The van der Waals surface area contributed by atoms with Crippen LogP contribution in [-0.2, 0) is 28.7 Å². The molecule has 6 heteroatoms. The average Bonchev–Trinajstić information content (AvgIpc) is 2.85. The first-order valence-electron chi connectivity index (χ1n) is 6.59. The fourth-order valence-corrected chi connectivity index (χ4v) is 4.01. The number of nitrogens with zero attached hydrogens (tertiary/aromatic N) is 2. The summed E-state index contributed by atoms with van der Waals surface area (Å²) in [5, 5.41) is 0. The zero-order valence-corrected chi connectivity index (χ0v) is 12.2. The second-order valence-corrected chi connectivity index (χ2v) is 7.13. The second kappa shape index (κ2) is 5.03. The topological polar surface area (TPSA) is 66.1 Å². The Morgan fingerprint density at radius 1 is 1.40 bits per heavy atom. The number of aromatic nitrogens is 2. The van der Waals surface area contributed by atoms with E-state index >= 15 is 0 Å². The summed E-state index contributed by atoms with van der Waals surface area (Å²) in [6.07, 6.45) is 2.30. The number of benzene rings is 1. The molecule has 0 unspecified atom stereocenters. The van der Waals surface area contributed by atoms with Crippen LogP contribution in [-0.4, -0.2) is 29.2 Å². The van der Waals surface area contributed by atoms with Crippen molar-refractivity contribution in [2.24, 2.45) is 0 Å². The molecule has 1 aromatic heterocycles. The van der Waals surface area contributed by atoms with Crippen molar-refractivity contribution in [1.82, 2.24) is 14.3 Å². The molecule has 1 N–H and O–H groups in total. The van der Waals surface area contributed by atoms with Crippen molar-refractivity contribution in [2.75, 3.05) is 6.54 Å². The van der Waals surface area contributed by atoms with Crippen molar-refractivity contribution >= 4 is 10.0 Å². The van der Waals surface area contributed by atoms with Crippen LogP contribution in [0.25, 0.3) is 0 Å². The zero-order chi connectivity index (χ0) is 14.2. The lowest BCUT2D eigenvalue weighted by Gasteiger charge is -2.25. The van der Waals surface area contributed by atoms with Gasteiger partial charge in [0.25, 0.3) is 0 Å². The molecule has 0 fully saturated rings. The number of fused-ring (bicyclic) bond motifs is 1. The first-order chi connectivity index (χ1) is 9.54. The molecule has 0 radical (unpaired) electrons. The molecule has 1 aromatic carbocycles. The van der Waals surface area contributed by atoms with Crippen LogP contribution in [0.1, 0.15) is 22.5 Å². The van der Waals surface area contributed by atoms with E-state index in [9.17, 15) is 8.42 Å². The predicted molar refractivity (Wildman–Crippen MR) is 76.5 cm³/mol. The third-order valence-corrected chi connectivity index (χ3v) is 5.36. The minimum Gasteiger partial charge on any atom is -0.347 e. The molecule has 5 nitrogen and oxygen atoms in total. The molecule has 20 heavy (non-hydrogen) atoms. The normalized spacial score (nSPS) is 16.1. The van der Waals surface area contributed by atoms with Crippen LogP contribution in [0, 0.1) is 6.92 Å². The van der Waals surface area contributed by atoms with Crippen molar-refractivity contribution in [3.05, 3.63) is 53.1 Å². The van der Waals surface area contributed by atoms with Gasteiger partial charge in [0, 0.05) is 13.0 Å². The van der Waals surface area contributed by atoms with E-state index in [-0.39, 0.29) is 5.75 Å². The lowest BCUT2D eigenvalue weighted by Crippen LogP contribution is -2.36. The summed E-state index contributed by atoms with van der Waals surface area (Å²) < 4.78 is 26.5. The van der Waals surface area contributed by atoms with Gasteiger partial charge in [-0.15, -0.1) is 0 Å². The van der Waals surface area contributed by atoms with E-state index in [0.29, 0.717) is 19.5 Å². The summed E-state index contributed by atoms with van der Waals surface area (Å²) >= 11 is 0. The van der Waals surface area contributed by atoms with Gasteiger partial charge in [0.1, 0.15) is 0 Å². The van der Waals surface area contributed by atoms with Gasteiger partial charge in [-0.2, -0.15) is 4.31 Å². The summed E-state index contributed by atoms with van der Waals surface area (Å²) in [4.78, 5) is 7.21. The van der Waals surface area contributed by atoms with Gasteiger partial charge in [0.2, 0.25) is 10.0 Å². The third kappa shape index (κ3) is 2.62. The van der Waals surface area contributed by atoms with E-state index in [2.05, 4.69) is 9.97 Å². The number of rotatable bonds is 3. The van der Waals surface area contributed by atoms with Crippen molar-refractivity contribution in [3.8, 4) is 0 Å². The number of aromatic amines is 1. The summed E-state index contributed by atoms with van der Waals surface area (Å²) in [5.74, 6) is 0.0537. The maximum Gasteiger partial charge on any atom is 0.218 e. The SMILES string of the molecule is Cc1cccc(CS(=O)(=O)N2CCc3nc[nH]c3C2)c1. The Hall–Kier alpha value is -1.66. The predicted octanol–water partition coefficient (Wildman–Crippen LogP) is 1.61. The van der Waals surface area contributed by atoms with E-state index in [1.54, 1.807) is 6.33 Å². The molecule has 0 saturated carbocycles. The second-order valence-electron chi connectivity index (χ2n) is 5.16. The van der Waals surface area contributed by atoms with Gasteiger partial charge in [-0.1, -0.05) is 29.8 Å². The Bertz CT molecular complexity index is 722. The van der Waals surface area contributed by atoms with Crippen molar-refractivity contribution in [2.45, 2.75) is 25.6 Å². The standard InChI is InChI=1S/C14H17N3O2S/c1-11-3-2-4-12(7-11)9-20(18,19)17-6-5-13-14(8-17)16-10-15-13/h2-4,7,10H,5-6,8-9H2,1H3,(H,15,16). The number of imidazole rings is 1. The highest BCUT2D eigenvalue weighted by atomic mass is 32.2. The van der Waals surface area contributed by atoms with Crippen molar-refractivity contribution in [1.29, 1.82) is 0 Å². The van der Waals surface area contributed by atoms with Crippen LogP contribution in [0.5, 0.6) is 0 Å². The first kappa shape index (κ1) is 13.3. The van der Waals surface area contributed by atoms with E-state index in [0.717, 1.165) is 22.5 Å². The molecular formula is C14H17N3O2S. The molecule has 0 aliphatic carbocycles. The van der Waals surface area contributed by atoms with Gasteiger partial charge >= 0.3 is 0 Å². The molecule has 0 amide bonds. The highest BCUT2D eigenvalue weighted by Crippen LogP contribution is 2.20. The quantitative estimate of drug-likeness (QED) is 0.934. The van der Waals surface area contributed by atoms with E-state index in [1.807, 2.05) is 31.2 Å². The number of sulfonamides is 1. The molecule has 0 spiro atoms. The number of nitrogens with one attached hydrogen (secondary N) is 1. The van der Waals surface area contributed by atoms with E-state index in [4.69, 9.17) is 0 Å². The Morgan fingerprint density at radius 3 is 3.05 bits per heavy atom. The minimum atomic E-state index is -3.29. The highest BCUT2D eigenvalue weighted by Gasteiger charge is 2.28. The fraction of sp³-hybridized carbons (Fsp3) is 0.357. The smallest absolute Gasteiger partial charge is 0.218 e. The molecule has 1 aliphatic heterocycles. The Labute approximate surface area is 118 Å². The van der Waals surface area contributed by atoms with Crippen molar-refractivity contribution in [3.63, 3.8) is 0 Å². The molecule has 3 rings (SSSR count). The van der Waals surface area contributed by atoms with Crippen LogP contribution in [0.15, 0.2) is 30.6 Å². The molecule has 2 heterocycles. The maximum absolute atomic E-state index is 12.5. The fourth-order valence-electron chi connectivity index (χ4n) is 2.53. The molecule has 0 saturated heterocycles. The monoisotopic (exact) mass is 291 g/mol. The van der Waals surface area contributed by atoms with Gasteiger partial charge in [0.05, 0.1) is 30.0 Å². The van der Waals surface area contributed by atoms with Gasteiger partial charge in [0.15, 0.2) is 0 Å². The summed E-state index contributed by atoms with van der Waals surface area (Å²) in [6, 6.07) is 7.64. The number of H-pyrrole nitrogens is 1. The molecule has 2 aromatic rings. The van der Waals surface area contributed by atoms with Gasteiger partial charge in [-0.05, 0) is 12.5 Å². The van der Waals surface area contributed by atoms with Crippen LogP contribution >= 0.6 is 0 Å². The van der Waals surface area contributed by atoms with E-state index < -0.39 is 10.0 Å². The molecule has 1 aliphatic rings. The van der Waals surface area contributed by atoms with Crippen LogP contribution in [0.4, 0.5) is 0 Å². The lowest BCUT2D eigenvalue weighted by molar-refractivity contribution is 0.385. The summed E-state index contributed by atoms with van der Waals surface area (Å²) in [5.41, 5.74) is 3.80. The molecule has 0 bridgehead atoms. The van der Waals surface area contributed by atoms with Gasteiger partial charge < -0.3 is 4.98 Å². The highest BCUT2D eigenvalue weighted by molar-refractivity contribution is 7.88. The lowest BCUT2D eigenvalue weighted by atomic mass is 10.2. The van der Waals surface area contributed by atoms with Gasteiger partial charge in [-0.3, -0.25) is 0 Å². The number of aryl methyl sites for hydroxylation is 1. The third-order valence-electron chi connectivity index (χ3n) is 3.56. The van der Waals surface area contributed by atoms with Crippen molar-refractivity contribution < 1.29 is 8.42 Å². The maximum atomic E-state index is 12.5. The zero-order valence-electron chi connectivity index (χ0n) is 11.3. The first-order valence-corrected chi connectivity index (χ1v) is 8.20. The molecule has 0 atom stereocenters. The Kier molecular flexibility index (Phi) is 3.35. The largest absolute Gasteiger partial charge is 0.347 e. The van der Waals surface area contributed by atoms with Crippen LogP contribution in [0.2, 0.25) is 0 Å². The van der Waals surface area contributed by atoms with Crippen LogP contribution < -0.4 is 0 Å². The molecule has 106 valence electrons. The van der Waals surface area contributed by atoms with E-state index in [1.165, 1.54) is 4.31 Å². The Balaban J connectivity index is 1.79.